The number of aliphatic hydroxyl groups is 1. The summed E-state index contributed by atoms with van der Waals surface area (Å²) in [7, 11) is 0. The lowest BCUT2D eigenvalue weighted by Gasteiger charge is -2.43. The van der Waals surface area contributed by atoms with Crippen molar-refractivity contribution in [3.63, 3.8) is 0 Å². The van der Waals surface area contributed by atoms with Gasteiger partial charge in [0.25, 0.3) is 0 Å². The van der Waals surface area contributed by atoms with E-state index in [1.54, 1.807) is 0 Å². The van der Waals surface area contributed by atoms with Gasteiger partial charge in [-0.15, -0.1) is 6.58 Å². The van der Waals surface area contributed by atoms with E-state index in [2.05, 4.69) is 18.0 Å². The molecule has 2 unspecified atom stereocenters. The minimum atomic E-state index is -0.556. The molecule has 0 spiro atoms. The number of allylic oxidation sites excluding steroid dienone is 1. The second-order valence-electron chi connectivity index (χ2n) is 9.72. The second-order valence-corrected chi connectivity index (χ2v) is 10.6. The Morgan fingerprint density at radius 2 is 1.91 bits per heavy atom. The zero-order valence-corrected chi connectivity index (χ0v) is 19.9. The molecule has 1 aliphatic carbocycles. The van der Waals surface area contributed by atoms with Gasteiger partial charge in [0.05, 0.1) is 11.5 Å². The molecule has 2 aliphatic rings. The van der Waals surface area contributed by atoms with Gasteiger partial charge >= 0.3 is 0 Å². The van der Waals surface area contributed by atoms with E-state index >= 15 is 0 Å². The van der Waals surface area contributed by atoms with Gasteiger partial charge in [-0.3, -0.25) is 4.79 Å². The first-order chi connectivity index (χ1) is 15.3. The van der Waals surface area contributed by atoms with E-state index in [0.717, 1.165) is 24.0 Å². The van der Waals surface area contributed by atoms with Crippen molar-refractivity contribution >= 4 is 29.1 Å². The fourth-order valence-electron chi connectivity index (χ4n) is 5.32. The molecule has 5 heteroatoms. The first-order valence-electron chi connectivity index (χ1n) is 11.4. The predicted molar refractivity (Wildman–Crippen MR) is 131 cm³/mol. The molecule has 1 heterocycles. The van der Waals surface area contributed by atoms with Crippen molar-refractivity contribution < 1.29 is 9.90 Å². The maximum Gasteiger partial charge on any atom is 0.226 e. The van der Waals surface area contributed by atoms with Crippen LogP contribution in [-0.2, 0) is 4.79 Å². The molecular weight excluding hydrogens is 441 g/mol. The van der Waals surface area contributed by atoms with Crippen LogP contribution in [0.25, 0.3) is 0 Å². The normalized spacial score (nSPS) is 27.4. The van der Waals surface area contributed by atoms with E-state index < -0.39 is 11.5 Å². The van der Waals surface area contributed by atoms with Gasteiger partial charge in [0, 0.05) is 27.9 Å². The third kappa shape index (κ3) is 5.06. The lowest BCUT2D eigenvalue weighted by atomic mass is 9.68. The summed E-state index contributed by atoms with van der Waals surface area (Å²) in [6.45, 7) is 5.85. The van der Waals surface area contributed by atoms with Gasteiger partial charge < -0.3 is 10.4 Å². The van der Waals surface area contributed by atoms with Crippen LogP contribution in [0.2, 0.25) is 10.0 Å². The van der Waals surface area contributed by atoms with Crippen LogP contribution in [0.4, 0.5) is 0 Å². The Bertz CT molecular complexity index is 972. The van der Waals surface area contributed by atoms with E-state index in [-0.39, 0.29) is 23.8 Å². The molecule has 1 saturated heterocycles. The number of hydrogen-bond donors (Lipinski definition) is 2. The van der Waals surface area contributed by atoms with E-state index in [4.69, 9.17) is 23.2 Å². The number of hydrogen-bond acceptors (Lipinski definition) is 2. The Morgan fingerprint density at radius 1 is 1.19 bits per heavy atom. The molecule has 0 radical (unpaired) electrons. The largest absolute Gasteiger partial charge is 0.392 e. The quantitative estimate of drug-likeness (QED) is 0.432. The highest BCUT2D eigenvalue weighted by Gasteiger charge is 2.46. The third-order valence-electron chi connectivity index (χ3n) is 7.19. The van der Waals surface area contributed by atoms with Crippen molar-refractivity contribution in [2.75, 3.05) is 0 Å². The Morgan fingerprint density at radius 3 is 2.53 bits per heavy atom. The maximum absolute atomic E-state index is 13.1. The summed E-state index contributed by atoms with van der Waals surface area (Å²) in [6, 6.07) is 15.5. The zero-order valence-electron chi connectivity index (χ0n) is 18.4. The first-order valence-corrected chi connectivity index (χ1v) is 12.2. The van der Waals surface area contributed by atoms with Crippen LogP contribution in [0.1, 0.15) is 62.0 Å². The summed E-state index contributed by atoms with van der Waals surface area (Å²) in [5.41, 5.74) is 1.68. The smallest absolute Gasteiger partial charge is 0.226 e. The molecule has 2 aromatic carbocycles. The van der Waals surface area contributed by atoms with Crippen LogP contribution in [0.5, 0.6) is 0 Å². The van der Waals surface area contributed by atoms with Crippen LogP contribution in [0.3, 0.4) is 0 Å². The average molecular weight is 472 g/mol. The lowest BCUT2D eigenvalue weighted by molar-refractivity contribution is -0.135. The number of benzene rings is 2. The lowest BCUT2D eigenvalue weighted by Crippen LogP contribution is -2.54. The third-order valence-corrected chi connectivity index (χ3v) is 7.67. The fourth-order valence-corrected chi connectivity index (χ4v) is 5.65. The monoisotopic (exact) mass is 471 g/mol. The Kier molecular flexibility index (Phi) is 7.00. The maximum atomic E-state index is 13.1. The minimum absolute atomic E-state index is 0.0299. The van der Waals surface area contributed by atoms with Crippen molar-refractivity contribution in [2.24, 2.45) is 11.3 Å². The Balaban J connectivity index is 1.61. The predicted octanol–water partition coefficient (Wildman–Crippen LogP) is 6.49. The molecule has 3 nitrogen and oxygen atoms in total. The van der Waals surface area contributed by atoms with Crippen LogP contribution in [0, 0.1) is 11.3 Å². The highest BCUT2D eigenvalue weighted by molar-refractivity contribution is 6.30. The van der Waals surface area contributed by atoms with Crippen LogP contribution >= 0.6 is 23.2 Å². The molecule has 1 aliphatic heterocycles. The highest BCUT2D eigenvalue weighted by Crippen LogP contribution is 2.48. The van der Waals surface area contributed by atoms with Crippen molar-refractivity contribution in [2.45, 2.75) is 63.0 Å². The summed E-state index contributed by atoms with van der Waals surface area (Å²) in [6.07, 6.45) is 5.30. The summed E-state index contributed by atoms with van der Waals surface area (Å²) >= 11 is 12.4. The van der Waals surface area contributed by atoms with E-state index in [0.29, 0.717) is 35.2 Å². The number of aliphatic hydroxyl groups excluding tert-OH is 1. The number of rotatable bonds is 8. The Labute approximate surface area is 200 Å². The topological polar surface area (TPSA) is 49.3 Å². The molecule has 0 bridgehead atoms. The van der Waals surface area contributed by atoms with Crippen LogP contribution < -0.4 is 5.32 Å². The standard InChI is InChI=1S/C27H31Cl2NO2/c1-3-13-27(2)16-22(19-5-4-6-21(29)14-19)23(30-26(27)32)15-24(31)25(17-7-8-17)18-9-11-20(28)12-10-18/h3-6,9-12,14,17,22-25,31H,1,7-8,13,15-16H2,2H3,(H,30,32)/t22-,23+,24?,25?,27+/m1/s1. The molecule has 4 rings (SSSR count). The molecular formula is C27H31Cl2NO2. The number of piperidine rings is 1. The van der Waals surface area contributed by atoms with Crippen LogP contribution in [-0.4, -0.2) is 23.2 Å². The highest BCUT2D eigenvalue weighted by atomic mass is 35.5. The molecule has 32 heavy (non-hydrogen) atoms. The van der Waals surface area contributed by atoms with Gasteiger partial charge in [-0.05, 0) is 73.4 Å². The number of halogens is 2. The average Bonchev–Trinajstić information content (AvgIpc) is 3.58. The van der Waals surface area contributed by atoms with Gasteiger partial charge in [-0.1, -0.05) is 60.5 Å². The molecule has 5 atom stereocenters. The van der Waals surface area contributed by atoms with Crippen molar-refractivity contribution in [1.82, 2.24) is 5.32 Å². The summed E-state index contributed by atoms with van der Waals surface area (Å²) in [5.74, 6) is 0.616. The molecule has 0 aromatic heterocycles. The van der Waals surface area contributed by atoms with Gasteiger partial charge in [-0.2, -0.15) is 0 Å². The molecule has 1 amide bonds. The molecule has 2 N–H and O–H groups in total. The molecule has 1 saturated carbocycles. The SMILES string of the molecule is C=CC[C@@]1(C)C[C@H](c2cccc(Cl)c2)[C@H](CC(O)C(c2ccc(Cl)cc2)C2CC2)NC1=O. The number of carbonyl (C=O) groups is 1. The summed E-state index contributed by atoms with van der Waals surface area (Å²) in [4.78, 5) is 13.1. The zero-order chi connectivity index (χ0) is 22.9. The minimum Gasteiger partial charge on any atom is -0.392 e. The van der Waals surface area contributed by atoms with Gasteiger partial charge in [0.1, 0.15) is 0 Å². The number of amides is 1. The fraction of sp³-hybridized carbons (Fsp3) is 0.444. The van der Waals surface area contributed by atoms with Crippen molar-refractivity contribution in [3.05, 3.63) is 82.4 Å². The van der Waals surface area contributed by atoms with Gasteiger partial charge in [0.2, 0.25) is 5.91 Å². The molecule has 2 aromatic rings. The second kappa shape index (κ2) is 9.59. The summed E-state index contributed by atoms with van der Waals surface area (Å²) in [5, 5.41) is 16.0. The number of nitrogens with one attached hydrogen (secondary N) is 1. The van der Waals surface area contributed by atoms with Crippen LogP contribution in [0.15, 0.2) is 61.2 Å². The first kappa shape index (κ1) is 23.4. The van der Waals surface area contributed by atoms with E-state index in [9.17, 15) is 9.90 Å². The van der Waals surface area contributed by atoms with Gasteiger partial charge in [0.15, 0.2) is 0 Å². The van der Waals surface area contributed by atoms with E-state index in [1.165, 1.54) is 0 Å². The molecule has 170 valence electrons. The van der Waals surface area contributed by atoms with E-state index in [1.807, 2.05) is 55.5 Å². The number of carbonyl (C=O) groups excluding carboxylic acids is 1. The van der Waals surface area contributed by atoms with Crippen molar-refractivity contribution in [3.8, 4) is 0 Å². The van der Waals surface area contributed by atoms with Gasteiger partial charge in [-0.25, -0.2) is 0 Å². The van der Waals surface area contributed by atoms with Crippen molar-refractivity contribution in [1.29, 1.82) is 0 Å². The molecule has 2 fully saturated rings. The Hall–Kier alpha value is -1.81. The summed E-state index contributed by atoms with van der Waals surface area (Å²) < 4.78 is 0.